The van der Waals surface area contributed by atoms with Crippen molar-refractivity contribution in [3.8, 4) is 0 Å². The van der Waals surface area contributed by atoms with Crippen LogP contribution in [0.25, 0.3) is 6.08 Å². The second kappa shape index (κ2) is 6.86. The van der Waals surface area contributed by atoms with Crippen LogP contribution in [-0.4, -0.2) is 29.7 Å². The van der Waals surface area contributed by atoms with E-state index < -0.39 is 11.6 Å². The van der Waals surface area contributed by atoms with Gasteiger partial charge in [-0.2, -0.15) is 0 Å². The molecule has 0 spiro atoms. The molecule has 0 bridgehead atoms. The number of nitrogens with one attached hydrogen (secondary N) is 1. The first kappa shape index (κ1) is 15.9. The van der Waals surface area contributed by atoms with Crippen molar-refractivity contribution >= 4 is 18.0 Å². The molecule has 0 saturated heterocycles. The van der Waals surface area contributed by atoms with E-state index in [4.69, 9.17) is 9.84 Å². The van der Waals surface area contributed by atoms with Crippen LogP contribution < -0.4 is 5.32 Å². The lowest BCUT2D eigenvalue weighted by Gasteiger charge is -2.21. The van der Waals surface area contributed by atoms with Gasteiger partial charge in [-0.3, -0.25) is 4.79 Å². The van der Waals surface area contributed by atoms with Gasteiger partial charge >= 0.3 is 5.97 Å². The molecule has 0 radical (unpaired) electrons. The smallest absolute Gasteiger partial charge is 0.328 e. The molecule has 1 aromatic rings. The van der Waals surface area contributed by atoms with Crippen molar-refractivity contribution in [2.75, 3.05) is 7.11 Å². The summed E-state index contributed by atoms with van der Waals surface area (Å²) >= 11 is 0. The zero-order chi connectivity index (χ0) is 15.2. The molecule has 0 aliphatic carbocycles. The largest absolute Gasteiger partial charge is 0.478 e. The average molecular weight is 277 g/mol. The fourth-order valence-corrected chi connectivity index (χ4v) is 1.40. The van der Waals surface area contributed by atoms with Crippen molar-refractivity contribution in [1.82, 2.24) is 5.32 Å². The van der Waals surface area contributed by atoms with E-state index in [-0.39, 0.29) is 5.91 Å². The molecule has 0 saturated carbocycles. The minimum absolute atomic E-state index is 0.185. The number of carboxylic acids is 1. The summed E-state index contributed by atoms with van der Waals surface area (Å²) in [5, 5.41) is 11.3. The quantitative estimate of drug-likeness (QED) is 0.778. The number of carbonyl (C=O) groups is 2. The van der Waals surface area contributed by atoms with Crippen LogP contribution in [0, 0.1) is 0 Å². The van der Waals surface area contributed by atoms with Crippen molar-refractivity contribution in [3.63, 3.8) is 0 Å². The van der Waals surface area contributed by atoms with Gasteiger partial charge in [0.2, 0.25) is 0 Å². The summed E-state index contributed by atoms with van der Waals surface area (Å²) in [6.45, 7) is 3.79. The van der Waals surface area contributed by atoms with Gasteiger partial charge in [0.05, 0.1) is 0 Å². The molecule has 1 aromatic carbocycles. The third kappa shape index (κ3) is 4.85. The molecule has 1 amide bonds. The van der Waals surface area contributed by atoms with E-state index in [1.54, 1.807) is 26.0 Å². The molecule has 0 fully saturated rings. The first-order valence-corrected chi connectivity index (χ1v) is 6.18. The molecule has 1 rings (SSSR count). The van der Waals surface area contributed by atoms with Crippen molar-refractivity contribution in [2.24, 2.45) is 0 Å². The standard InChI is InChI=1S/C15H19NO4/c1-15(2,20-3)14(19)16-10-12-6-4-11(5-7-12)8-9-13(17)18/h4-9H,10H2,1-3H3,(H,16,19)(H,17,18)/b9-8+. The van der Waals surface area contributed by atoms with E-state index in [2.05, 4.69) is 5.32 Å². The minimum Gasteiger partial charge on any atom is -0.478 e. The Morgan fingerprint density at radius 1 is 1.30 bits per heavy atom. The van der Waals surface area contributed by atoms with Gasteiger partial charge in [0, 0.05) is 19.7 Å². The monoisotopic (exact) mass is 277 g/mol. The van der Waals surface area contributed by atoms with E-state index in [1.807, 2.05) is 12.1 Å². The van der Waals surface area contributed by atoms with Gasteiger partial charge in [-0.25, -0.2) is 4.79 Å². The normalized spacial score (nSPS) is 11.6. The number of hydrogen-bond acceptors (Lipinski definition) is 3. The summed E-state index contributed by atoms with van der Waals surface area (Å²) < 4.78 is 5.08. The Morgan fingerprint density at radius 3 is 2.40 bits per heavy atom. The van der Waals surface area contributed by atoms with Crippen LogP contribution in [0.5, 0.6) is 0 Å². The topological polar surface area (TPSA) is 75.6 Å². The lowest BCUT2D eigenvalue weighted by Crippen LogP contribution is -2.43. The highest BCUT2D eigenvalue weighted by molar-refractivity contribution is 5.85. The number of benzene rings is 1. The molecule has 0 aromatic heterocycles. The highest BCUT2D eigenvalue weighted by Gasteiger charge is 2.26. The summed E-state index contributed by atoms with van der Waals surface area (Å²) in [4.78, 5) is 22.2. The molecule has 0 heterocycles. The van der Waals surface area contributed by atoms with Crippen LogP contribution in [0.15, 0.2) is 30.3 Å². The molecule has 0 atom stereocenters. The summed E-state index contributed by atoms with van der Waals surface area (Å²) in [5.41, 5.74) is 0.863. The predicted octanol–water partition coefficient (Wildman–Crippen LogP) is 1.83. The molecule has 0 unspecified atom stereocenters. The summed E-state index contributed by atoms with van der Waals surface area (Å²) in [6.07, 6.45) is 2.59. The second-order valence-electron chi connectivity index (χ2n) is 4.81. The molecule has 108 valence electrons. The second-order valence-corrected chi connectivity index (χ2v) is 4.81. The van der Waals surface area contributed by atoms with E-state index >= 15 is 0 Å². The Hall–Kier alpha value is -2.14. The van der Waals surface area contributed by atoms with Gasteiger partial charge in [0.25, 0.3) is 5.91 Å². The Labute approximate surface area is 118 Å². The van der Waals surface area contributed by atoms with Gasteiger partial charge in [0.15, 0.2) is 0 Å². The Morgan fingerprint density at radius 2 is 1.90 bits per heavy atom. The van der Waals surface area contributed by atoms with Crippen molar-refractivity contribution in [2.45, 2.75) is 26.0 Å². The fourth-order valence-electron chi connectivity index (χ4n) is 1.40. The summed E-state index contributed by atoms with van der Waals surface area (Å²) in [6, 6.07) is 7.26. The summed E-state index contributed by atoms with van der Waals surface area (Å²) in [5.74, 6) is -1.17. The first-order chi connectivity index (χ1) is 9.35. The number of hydrogen-bond donors (Lipinski definition) is 2. The first-order valence-electron chi connectivity index (χ1n) is 6.18. The molecular weight excluding hydrogens is 258 g/mol. The van der Waals surface area contributed by atoms with Crippen molar-refractivity contribution in [3.05, 3.63) is 41.5 Å². The number of aliphatic carboxylic acids is 1. The zero-order valence-corrected chi connectivity index (χ0v) is 11.8. The lowest BCUT2D eigenvalue weighted by atomic mass is 10.1. The van der Waals surface area contributed by atoms with Crippen molar-refractivity contribution < 1.29 is 19.4 Å². The zero-order valence-electron chi connectivity index (χ0n) is 11.8. The summed E-state index contributed by atoms with van der Waals surface area (Å²) in [7, 11) is 1.49. The highest BCUT2D eigenvalue weighted by Crippen LogP contribution is 2.09. The molecule has 0 aliphatic heterocycles. The van der Waals surface area contributed by atoms with E-state index in [1.165, 1.54) is 13.2 Å². The highest BCUT2D eigenvalue weighted by atomic mass is 16.5. The molecular formula is C15H19NO4. The lowest BCUT2D eigenvalue weighted by molar-refractivity contribution is -0.139. The SMILES string of the molecule is COC(C)(C)C(=O)NCc1ccc(/C=C/C(=O)O)cc1. The van der Waals surface area contributed by atoms with Crippen LogP contribution in [0.2, 0.25) is 0 Å². The number of carbonyl (C=O) groups excluding carboxylic acids is 1. The maximum atomic E-state index is 11.8. The molecule has 5 heteroatoms. The van der Waals surface area contributed by atoms with Crippen LogP contribution in [0.4, 0.5) is 0 Å². The van der Waals surface area contributed by atoms with Gasteiger partial charge < -0.3 is 15.2 Å². The van der Waals surface area contributed by atoms with E-state index in [0.29, 0.717) is 6.54 Å². The van der Waals surface area contributed by atoms with Gasteiger partial charge in [-0.1, -0.05) is 24.3 Å². The van der Waals surface area contributed by atoms with Crippen LogP contribution in [0.1, 0.15) is 25.0 Å². The van der Waals surface area contributed by atoms with E-state index in [0.717, 1.165) is 17.2 Å². The number of ether oxygens (including phenoxy) is 1. The Balaban J connectivity index is 2.58. The maximum absolute atomic E-state index is 11.8. The number of rotatable bonds is 6. The predicted molar refractivity (Wildman–Crippen MR) is 76.0 cm³/mol. The number of methoxy groups -OCH3 is 1. The van der Waals surface area contributed by atoms with Gasteiger partial charge in [-0.15, -0.1) is 0 Å². The van der Waals surface area contributed by atoms with E-state index in [9.17, 15) is 9.59 Å². The minimum atomic E-state index is -0.983. The fraction of sp³-hybridized carbons (Fsp3) is 0.333. The molecule has 0 aliphatic rings. The Bertz CT molecular complexity index is 503. The van der Waals surface area contributed by atoms with Crippen LogP contribution in [-0.2, 0) is 20.9 Å². The molecule has 2 N–H and O–H groups in total. The third-order valence-corrected chi connectivity index (χ3v) is 2.91. The third-order valence-electron chi connectivity index (χ3n) is 2.91. The maximum Gasteiger partial charge on any atom is 0.328 e. The molecule has 5 nitrogen and oxygen atoms in total. The van der Waals surface area contributed by atoms with Crippen molar-refractivity contribution in [1.29, 1.82) is 0 Å². The number of amides is 1. The number of carboxylic acid groups (broad SMARTS) is 1. The molecule has 20 heavy (non-hydrogen) atoms. The average Bonchev–Trinajstić information content (AvgIpc) is 2.43. The van der Waals surface area contributed by atoms with Gasteiger partial charge in [0.1, 0.15) is 5.60 Å². The van der Waals surface area contributed by atoms with Crippen LogP contribution >= 0.6 is 0 Å². The Kier molecular flexibility index (Phi) is 5.46. The van der Waals surface area contributed by atoms with Crippen LogP contribution in [0.3, 0.4) is 0 Å². The van der Waals surface area contributed by atoms with Gasteiger partial charge in [-0.05, 0) is 31.1 Å².